The molecule has 0 aliphatic carbocycles. The predicted octanol–water partition coefficient (Wildman–Crippen LogP) is 3.12. The molecule has 2 aliphatic rings. The highest BCUT2D eigenvalue weighted by atomic mass is 16.3. The van der Waals surface area contributed by atoms with Gasteiger partial charge in [-0.2, -0.15) is 0 Å². The predicted molar refractivity (Wildman–Crippen MR) is 121 cm³/mol. The van der Waals surface area contributed by atoms with Gasteiger partial charge < -0.3 is 9.32 Å². The van der Waals surface area contributed by atoms with E-state index >= 15 is 0 Å². The number of H-pyrrole nitrogens is 1. The van der Waals surface area contributed by atoms with Crippen LogP contribution in [0.1, 0.15) is 48.6 Å². The van der Waals surface area contributed by atoms with Crippen molar-refractivity contribution in [1.82, 2.24) is 14.9 Å². The number of aromatic nitrogens is 2. The number of nitrogens with zero attached hydrogens (tertiary/aromatic N) is 3. The zero-order valence-electron chi connectivity index (χ0n) is 18.1. The van der Waals surface area contributed by atoms with E-state index in [1.54, 1.807) is 6.26 Å². The Labute approximate surface area is 180 Å². The fraction of sp³-hybridized carbons (Fsp3) is 0.458. The first-order valence-electron chi connectivity index (χ1n) is 11.1. The van der Waals surface area contributed by atoms with Gasteiger partial charge in [0.15, 0.2) is 5.43 Å². The van der Waals surface area contributed by atoms with Gasteiger partial charge >= 0.3 is 0 Å². The number of nitrogens with one attached hydrogen (secondary N) is 1. The number of fused-ring (bicyclic) bond motifs is 2. The molecule has 1 atom stereocenters. The highest BCUT2D eigenvalue weighted by Gasteiger charge is 2.26. The first-order chi connectivity index (χ1) is 15.0. The lowest BCUT2D eigenvalue weighted by molar-refractivity contribution is 0.238. The van der Waals surface area contributed by atoms with Crippen LogP contribution in [0, 0.1) is 6.92 Å². The fourth-order valence-electron chi connectivity index (χ4n) is 4.80. The molecule has 7 heteroatoms. The normalized spacial score (nSPS) is 19.5. The van der Waals surface area contributed by atoms with E-state index in [-0.39, 0.29) is 11.0 Å². The quantitative estimate of drug-likeness (QED) is 0.701. The van der Waals surface area contributed by atoms with Gasteiger partial charge in [0.2, 0.25) is 5.95 Å². The first-order valence-corrected chi connectivity index (χ1v) is 11.1. The summed E-state index contributed by atoms with van der Waals surface area (Å²) in [6, 6.07) is 6.03. The Balaban J connectivity index is 1.42. The van der Waals surface area contributed by atoms with Gasteiger partial charge in [-0.15, -0.1) is 0 Å². The average molecular weight is 421 g/mol. The second-order valence-electron chi connectivity index (χ2n) is 8.90. The standard InChI is InChI=1S/C24H28N4O3/c1-15-6-7-21-19(11-15)22(29)17(14-31-21)12-27-10-8-18-20(13-27)25-24(26-23(18)30)28-9-4-3-5-16(28)2/h6-7,11,14,16H,3-5,8-10,12-13H2,1-2H3,(H,25,26,30). The zero-order chi connectivity index (χ0) is 21.5. The minimum Gasteiger partial charge on any atom is -0.464 e. The minimum absolute atomic E-state index is 0.0115. The number of piperidine rings is 1. The summed E-state index contributed by atoms with van der Waals surface area (Å²) in [5, 5.41) is 0.617. The van der Waals surface area contributed by atoms with Crippen molar-refractivity contribution in [1.29, 1.82) is 0 Å². The van der Waals surface area contributed by atoms with Gasteiger partial charge in [0, 0.05) is 43.3 Å². The third-order valence-electron chi connectivity index (χ3n) is 6.61. The van der Waals surface area contributed by atoms with Gasteiger partial charge in [-0.1, -0.05) is 11.6 Å². The molecule has 1 unspecified atom stereocenters. The van der Waals surface area contributed by atoms with E-state index in [1.165, 1.54) is 6.42 Å². The maximum absolute atomic E-state index is 13.0. The molecule has 0 bridgehead atoms. The molecule has 4 heterocycles. The monoisotopic (exact) mass is 420 g/mol. The van der Waals surface area contributed by atoms with Crippen LogP contribution in [-0.4, -0.2) is 34.0 Å². The van der Waals surface area contributed by atoms with Crippen molar-refractivity contribution >= 4 is 16.9 Å². The number of aryl methyl sites for hydroxylation is 1. The molecular formula is C24H28N4O3. The van der Waals surface area contributed by atoms with Gasteiger partial charge in [-0.05, 0) is 51.7 Å². The summed E-state index contributed by atoms with van der Waals surface area (Å²) in [4.78, 5) is 38.0. The molecule has 7 nitrogen and oxygen atoms in total. The summed E-state index contributed by atoms with van der Waals surface area (Å²) < 4.78 is 5.72. The summed E-state index contributed by atoms with van der Waals surface area (Å²) in [5.74, 6) is 0.679. The van der Waals surface area contributed by atoms with Gasteiger partial charge in [-0.3, -0.25) is 19.5 Å². The van der Waals surface area contributed by atoms with Crippen LogP contribution in [0.2, 0.25) is 0 Å². The molecule has 162 valence electrons. The van der Waals surface area contributed by atoms with Crippen molar-refractivity contribution in [2.24, 2.45) is 0 Å². The molecule has 2 aliphatic heterocycles. The molecule has 0 spiro atoms. The smallest absolute Gasteiger partial charge is 0.255 e. The van der Waals surface area contributed by atoms with Crippen molar-refractivity contribution in [2.75, 3.05) is 18.0 Å². The number of aromatic amines is 1. The number of benzene rings is 1. The summed E-state index contributed by atoms with van der Waals surface area (Å²) in [7, 11) is 0. The molecule has 0 radical (unpaired) electrons. The summed E-state index contributed by atoms with van der Waals surface area (Å²) in [6.45, 7) is 6.82. The van der Waals surface area contributed by atoms with E-state index in [4.69, 9.17) is 9.40 Å². The molecule has 1 aromatic carbocycles. The maximum atomic E-state index is 13.0. The summed E-state index contributed by atoms with van der Waals surface area (Å²) in [5.41, 5.74) is 3.85. The van der Waals surface area contributed by atoms with Gasteiger partial charge in [0.25, 0.3) is 5.56 Å². The molecule has 0 saturated carbocycles. The Bertz CT molecular complexity index is 1250. The summed E-state index contributed by atoms with van der Waals surface area (Å²) >= 11 is 0. The van der Waals surface area contributed by atoms with Crippen LogP contribution in [-0.2, 0) is 19.5 Å². The highest BCUT2D eigenvalue weighted by Crippen LogP contribution is 2.23. The van der Waals surface area contributed by atoms with E-state index in [1.807, 2.05) is 25.1 Å². The molecule has 1 fully saturated rings. The van der Waals surface area contributed by atoms with Gasteiger partial charge in [-0.25, -0.2) is 4.98 Å². The van der Waals surface area contributed by atoms with Crippen LogP contribution in [0.4, 0.5) is 5.95 Å². The first kappa shape index (κ1) is 20.0. The second-order valence-corrected chi connectivity index (χ2v) is 8.90. The van der Waals surface area contributed by atoms with Crippen LogP contribution >= 0.6 is 0 Å². The number of anilines is 1. The maximum Gasteiger partial charge on any atom is 0.255 e. The van der Waals surface area contributed by atoms with Crippen LogP contribution in [0.3, 0.4) is 0 Å². The minimum atomic E-state index is -0.0295. The second kappa shape index (κ2) is 7.96. The molecular weight excluding hydrogens is 392 g/mol. The fourth-order valence-corrected chi connectivity index (χ4v) is 4.80. The number of hydrogen-bond acceptors (Lipinski definition) is 6. The number of rotatable bonds is 3. The Hall–Kier alpha value is -2.93. The van der Waals surface area contributed by atoms with Crippen molar-refractivity contribution in [3.63, 3.8) is 0 Å². The van der Waals surface area contributed by atoms with Crippen LogP contribution in [0.25, 0.3) is 11.0 Å². The van der Waals surface area contributed by atoms with Crippen LogP contribution < -0.4 is 15.9 Å². The molecule has 5 rings (SSSR count). The summed E-state index contributed by atoms with van der Waals surface area (Å²) in [6.07, 6.45) is 5.65. The molecule has 1 saturated heterocycles. The molecule has 1 N–H and O–H groups in total. The topological polar surface area (TPSA) is 82.4 Å². The zero-order valence-corrected chi connectivity index (χ0v) is 18.1. The Morgan fingerprint density at radius 1 is 1.23 bits per heavy atom. The molecule has 3 aromatic rings. The van der Waals surface area contributed by atoms with E-state index < -0.39 is 0 Å². The number of hydrogen-bond donors (Lipinski definition) is 1. The van der Waals surface area contributed by atoms with Crippen molar-refractivity contribution in [2.45, 2.75) is 58.7 Å². The largest absolute Gasteiger partial charge is 0.464 e. The lowest BCUT2D eigenvalue weighted by Gasteiger charge is -2.35. The molecule has 2 aromatic heterocycles. The lowest BCUT2D eigenvalue weighted by atomic mass is 10.0. The molecule has 0 amide bonds. The average Bonchev–Trinajstić information content (AvgIpc) is 2.76. The van der Waals surface area contributed by atoms with Crippen molar-refractivity contribution in [3.05, 3.63) is 67.4 Å². The highest BCUT2D eigenvalue weighted by molar-refractivity contribution is 5.77. The Morgan fingerprint density at radius 2 is 2.10 bits per heavy atom. The van der Waals surface area contributed by atoms with Crippen molar-refractivity contribution < 1.29 is 4.42 Å². The lowest BCUT2D eigenvalue weighted by Crippen LogP contribution is -2.41. The van der Waals surface area contributed by atoms with Crippen LogP contribution in [0.5, 0.6) is 0 Å². The van der Waals surface area contributed by atoms with E-state index in [0.29, 0.717) is 54.6 Å². The van der Waals surface area contributed by atoms with Crippen LogP contribution in [0.15, 0.2) is 38.5 Å². The third-order valence-corrected chi connectivity index (χ3v) is 6.61. The van der Waals surface area contributed by atoms with Gasteiger partial charge in [0.05, 0.1) is 17.3 Å². The Kier molecular flexibility index (Phi) is 5.14. The SMILES string of the molecule is Cc1ccc2occ(CN3CCc4c(nc(N5CCCCC5C)[nH]c4=O)C3)c(=O)c2c1. The third kappa shape index (κ3) is 3.78. The van der Waals surface area contributed by atoms with E-state index in [0.717, 1.165) is 36.2 Å². The van der Waals surface area contributed by atoms with Gasteiger partial charge in [0.1, 0.15) is 5.58 Å². The van der Waals surface area contributed by atoms with E-state index in [2.05, 4.69) is 21.7 Å². The molecule has 31 heavy (non-hydrogen) atoms. The van der Waals surface area contributed by atoms with E-state index in [9.17, 15) is 9.59 Å². The Morgan fingerprint density at radius 3 is 2.94 bits per heavy atom. The van der Waals surface area contributed by atoms with Crippen molar-refractivity contribution in [3.8, 4) is 0 Å².